The molecule has 0 unspecified atom stereocenters. The molecule has 0 heterocycles. The molecule has 0 fully saturated rings. The smallest absolute Gasteiger partial charge is 0.273 e. The topological polar surface area (TPSA) is 98.3 Å². The van der Waals surface area contributed by atoms with Crippen LogP contribution in [0.2, 0.25) is 10.0 Å². The lowest BCUT2D eigenvalue weighted by molar-refractivity contribution is -0.114. The lowest BCUT2D eigenvalue weighted by Crippen LogP contribution is -2.28. The number of nitrogens with two attached hydrogens (primary N) is 1. The van der Waals surface area contributed by atoms with E-state index in [-0.39, 0.29) is 24.1 Å². The Morgan fingerprint density at radius 1 is 1.38 bits per heavy atom. The van der Waals surface area contributed by atoms with E-state index in [1.807, 2.05) is 0 Å². The van der Waals surface area contributed by atoms with E-state index in [2.05, 4.69) is 20.3 Å². The van der Waals surface area contributed by atoms with Crippen LogP contribution in [0.1, 0.15) is 6.92 Å². The molecule has 0 saturated heterocycles. The highest BCUT2D eigenvalue weighted by atomic mass is 35.5. The number of allylic oxidation sites excluding steroid dienone is 1. The number of hydrogen-bond donors (Lipinski definition) is 2. The summed E-state index contributed by atoms with van der Waals surface area (Å²) >= 11 is 11.8. The Kier molecular flexibility index (Phi) is 9.25. The largest absolute Gasteiger partial charge is 0.475 e. The second kappa shape index (κ2) is 11.2. The van der Waals surface area contributed by atoms with E-state index >= 15 is 0 Å². The average Bonchev–Trinajstić information content (AvgIpc) is 2.60. The zero-order valence-electron chi connectivity index (χ0n) is 14.6. The van der Waals surface area contributed by atoms with Crippen LogP contribution >= 0.6 is 23.2 Å². The molecular weight excluding hydrogens is 379 g/mol. The quantitative estimate of drug-likeness (QED) is 0.398. The standard InChI is InChI=1S/C17H20Cl2N4O3/c1-11(16(23-25-3)17(24)21-2)7-9-26-15(20)6-8-22-14-5-4-12(18)10-13(14)19/h4-8,10H,9,20H2,1-3H3,(H,21,24)/b11-7-,15-6?,22-8?,23-16+. The normalized spacial score (nSPS) is 13.0. The number of amides is 1. The molecule has 0 aliphatic rings. The Bertz CT molecular complexity index is 758. The molecule has 0 spiro atoms. The summed E-state index contributed by atoms with van der Waals surface area (Å²) in [6, 6.07) is 4.97. The molecule has 1 aromatic carbocycles. The molecular formula is C17H20Cl2N4O3. The van der Waals surface area contributed by atoms with Gasteiger partial charge in [0, 0.05) is 24.4 Å². The third-order valence-corrected chi connectivity index (χ3v) is 3.54. The average molecular weight is 399 g/mol. The Hall–Kier alpha value is -2.51. The molecule has 1 rings (SSSR count). The summed E-state index contributed by atoms with van der Waals surface area (Å²) in [7, 11) is 2.87. The molecule has 140 valence electrons. The van der Waals surface area contributed by atoms with E-state index in [1.165, 1.54) is 26.4 Å². The summed E-state index contributed by atoms with van der Waals surface area (Å²) in [6.45, 7) is 1.85. The van der Waals surface area contributed by atoms with Gasteiger partial charge in [0.1, 0.15) is 13.7 Å². The summed E-state index contributed by atoms with van der Waals surface area (Å²) in [4.78, 5) is 20.5. The highest BCUT2D eigenvalue weighted by Crippen LogP contribution is 2.27. The van der Waals surface area contributed by atoms with E-state index in [0.717, 1.165) is 0 Å². The lowest BCUT2D eigenvalue weighted by Gasteiger charge is -2.06. The first-order valence-corrected chi connectivity index (χ1v) is 8.22. The number of nitrogens with zero attached hydrogens (tertiary/aromatic N) is 2. The van der Waals surface area contributed by atoms with Gasteiger partial charge in [0.15, 0.2) is 11.6 Å². The van der Waals surface area contributed by atoms with Crippen LogP contribution in [-0.4, -0.2) is 38.6 Å². The second-order valence-corrected chi connectivity index (χ2v) is 5.69. The van der Waals surface area contributed by atoms with Gasteiger partial charge in [-0.25, -0.2) is 0 Å². The fourth-order valence-electron chi connectivity index (χ4n) is 1.69. The highest BCUT2D eigenvalue weighted by molar-refractivity contribution is 6.45. The number of carbonyl (C=O) groups excluding carboxylic acids is 1. The maximum Gasteiger partial charge on any atom is 0.273 e. The van der Waals surface area contributed by atoms with Gasteiger partial charge in [0.05, 0.1) is 10.7 Å². The summed E-state index contributed by atoms with van der Waals surface area (Å²) in [5, 5.41) is 7.12. The Morgan fingerprint density at radius 2 is 2.12 bits per heavy atom. The molecule has 1 amide bonds. The van der Waals surface area contributed by atoms with E-state index < -0.39 is 0 Å². The minimum absolute atomic E-state index is 0.142. The summed E-state index contributed by atoms with van der Waals surface area (Å²) < 4.78 is 5.33. The van der Waals surface area contributed by atoms with Crippen molar-refractivity contribution in [2.24, 2.45) is 15.9 Å². The fourth-order valence-corrected chi connectivity index (χ4v) is 2.14. The van der Waals surface area contributed by atoms with Crippen LogP contribution in [0, 0.1) is 0 Å². The number of carbonyl (C=O) groups is 1. The lowest BCUT2D eigenvalue weighted by atomic mass is 10.1. The van der Waals surface area contributed by atoms with Gasteiger partial charge in [-0.1, -0.05) is 28.4 Å². The number of aliphatic imine (C=N–C) groups is 1. The van der Waals surface area contributed by atoms with Gasteiger partial charge in [-0.15, -0.1) is 0 Å². The molecule has 0 radical (unpaired) electrons. The third kappa shape index (κ3) is 7.16. The van der Waals surface area contributed by atoms with Gasteiger partial charge in [0.25, 0.3) is 5.91 Å². The van der Waals surface area contributed by atoms with Crippen molar-refractivity contribution in [3.05, 3.63) is 51.9 Å². The minimum atomic E-state index is -0.365. The van der Waals surface area contributed by atoms with E-state index in [1.54, 1.807) is 31.2 Å². The molecule has 0 atom stereocenters. The minimum Gasteiger partial charge on any atom is -0.475 e. The van der Waals surface area contributed by atoms with E-state index in [9.17, 15) is 4.79 Å². The van der Waals surface area contributed by atoms with Crippen molar-refractivity contribution in [3.8, 4) is 0 Å². The van der Waals surface area contributed by atoms with E-state index in [4.69, 9.17) is 33.7 Å². The highest BCUT2D eigenvalue weighted by Gasteiger charge is 2.12. The molecule has 7 nitrogen and oxygen atoms in total. The van der Waals surface area contributed by atoms with Crippen LogP contribution in [0.5, 0.6) is 0 Å². The van der Waals surface area contributed by atoms with Crippen molar-refractivity contribution in [2.75, 3.05) is 20.8 Å². The second-order valence-electron chi connectivity index (χ2n) is 4.84. The van der Waals surface area contributed by atoms with Crippen molar-refractivity contribution >= 4 is 46.7 Å². The van der Waals surface area contributed by atoms with Crippen LogP contribution in [0.3, 0.4) is 0 Å². The van der Waals surface area contributed by atoms with Crippen molar-refractivity contribution in [1.82, 2.24) is 5.32 Å². The van der Waals surface area contributed by atoms with E-state index in [0.29, 0.717) is 21.3 Å². The number of benzene rings is 1. The number of hydrogen-bond acceptors (Lipinski definition) is 6. The van der Waals surface area contributed by atoms with Crippen LogP contribution in [0.4, 0.5) is 5.69 Å². The molecule has 0 bridgehead atoms. The maximum absolute atomic E-state index is 11.7. The number of halogens is 2. The predicted octanol–water partition coefficient (Wildman–Crippen LogP) is 3.21. The van der Waals surface area contributed by atoms with Crippen LogP contribution in [0.25, 0.3) is 0 Å². The zero-order chi connectivity index (χ0) is 19.5. The van der Waals surface area contributed by atoms with Crippen LogP contribution in [-0.2, 0) is 14.4 Å². The van der Waals surface area contributed by atoms with Crippen molar-refractivity contribution in [2.45, 2.75) is 6.92 Å². The third-order valence-electron chi connectivity index (χ3n) is 3.00. The SMILES string of the molecule is CNC(=O)C(=N/OC)/C(C)=C\COC(N)=CC=Nc1ccc(Cl)cc1Cl. The first-order chi connectivity index (χ1) is 12.4. The van der Waals surface area contributed by atoms with Crippen LogP contribution < -0.4 is 11.1 Å². The Balaban J connectivity index is 2.65. The number of oxime groups is 1. The van der Waals surface area contributed by atoms with Gasteiger partial charge < -0.3 is 20.6 Å². The molecule has 26 heavy (non-hydrogen) atoms. The van der Waals surface area contributed by atoms with Crippen molar-refractivity contribution < 1.29 is 14.4 Å². The van der Waals surface area contributed by atoms with Gasteiger partial charge in [-0.3, -0.25) is 9.79 Å². The van der Waals surface area contributed by atoms with Gasteiger partial charge in [0.2, 0.25) is 0 Å². The zero-order valence-corrected chi connectivity index (χ0v) is 16.1. The monoisotopic (exact) mass is 398 g/mol. The first-order valence-electron chi connectivity index (χ1n) is 7.47. The summed E-state index contributed by atoms with van der Waals surface area (Å²) in [6.07, 6.45) is 4.60. The predicted molar refractivity (Wildman–Crippen MR) is 105 cm³/mol. The molecule has 3 N–H and O–H groups in total. The van der Waals surface area contributed by atoms with Crippen molar-refractivity contribution in [1.29, 1.82) is 0 Å². The number of ether oxygens (including phenoxy) is 1. The molecule has 0 aromatic heterocycles. The Labute approximate surface area is 162 Å². The maximum atomic E-state index is 11.7. The number of nitrogens with one attached hydrogen (secondary N) is 1. The number of rotatable bonds is 8. The molecule has 0 aliphatic heterocycles. The molecule has 0 saturated carbocycles. The molecule has 0 aliphatic carbocycles. The molecule has 1 aromatic rings. The molecule has 9 heteroatoms. The van der Waals surface area contributed by atoms with Crippen LogP contribution in [0.15, 0.2) is 52.0 Å². The summed E-state index contributed by atoms with van der Waals surface area (Å²) in [5.41, 5.74) is 7.03. The fraction of sp³-hybridized carbons (Fsp3) is 0.235. The van der Waals surface area contributed by atoms with Gasteiger partial charge in [-0.2, -0.15) is 0 Å². The van der Waals surface area contributed by atoms with Crippen molar-refractivity contribution in [3.63, 3.8) is 0 Å². The Morgan fingerprint density at radius 3 is 2.73 bits per heavy atom. The first kappa shape index (κ1) is 21.5. The van der Waals surface area contributed by atoms with Gasteiger partial charge >= 0.3 is 0 Å². The summed E-state index contributed by atoms with van der Waals surface area (Å²) in [5.74, 6) is -0.218. The van der Waals surface area contributed by atoms with Gasteiger partial charge in [-0.05, 0) is 36.8 Å².